The van der Waals surface area contributed by atoms with Gasteiger partial charge in [0.25, 0.3) is 0 Å². The molecule has 0 aromatic carbocycles. The maximum absolute atomic E-state index is 11.7. The highest BCUT2D eigenvalue weighted by molar-refractivity contribution is 9.10. The van der Waals surface area contributed by atoms with Crippen LogP contribution in [-0.4, -0.2) is 42.6 Å². The molecule has 0 aliphatic carbocycles. The van der Waals surface area contributed by atoms with Gasteiger partial charge in [0.15, 0.2) is 0 Å². The van der Waals surface area contributed by atoms with Crippen molar-refractivity contribution in [2.45, 2.75) is 12.8 Å². The number of methoxy groups -OCH3 is 1. The van der Waals surface area contributed by atoms with Crippen LogP contribution in [0.25, 0.3) is 0 Å². The monoisotopic (exact) mass is 312 g/mol. The third kappa shape index (κ3) is 3.53. The molecule has 1 aliphatic heterocycles. The number of likely N-dealkylation sites (tertiary alicyclic amines) is 1. The number of ether oxygens (including phenoxy) is 1. The average molecular weight is 313 g/mol. The van der Waals surface area contributed by atoms with E-state index in [1.165, 1.54) is 0 Å². The summed E-state index contributed by atoms with van der Waals surface area (Å²) >= 11 is 3.37. The Hall–Kier alpha value is -0.940. The van der Waals surface area contributed by atoms with Crippen molar-refractivity contribution >= 4 is 21.8 Å². The van der Waals surface area contributed by atoms with Gasteiger partial charge in [0.2, 0.25) is 5.91 Å². The number of aromatic nitrogens is 1. The average Bonchev–Trinajstić information content (AvgIpc) is 2.78. The van der Waals surface area contributed by atoms with Crippen molar-refractivity contribution in [3.8, 4) is 0 Å². The van der Waals surface area contributed by atoms with E-state index in [4.69, 9.17) is 4.74 Å². The van der Waals surface area contributed by atoms with Gasteiger partial charge in [0.1, 0.15) is 11.2 Å². The molecule has 1 aromatic rings. The van der Waals surface area contributed by atoms with Gasteiger partial charge in [0, 0.05) is 25.9 Å². The number of pyridine rings is 1. The molecule has 1 atom stereocenters. The molecule has 0 spiro atoms. The van der Waals surface area contributed by atoms with Crippen LogP contribution in [0.15, 0.2) is 22.8 Å². The zero-order valence-corrected chi connectivity index (χ0v) is 12.0. The lowest BCUT2D eigenvalue weighted by Gasteiger charge is -2.15. The number of nitrogens with zero attached hydrogens (tertiary/aromatic N) is 2. The van der Waals surface area contributed by atoms with Crippen LogP contribution in [0.1, 0.15) is 12.1 Å². The maximum Gasteiger partial charge on any atom is 0.248 e. The van der Waals surface area contributed by atoms with Gasteiger partial charge in [-0.15, -0.1) is 0 Å². The number of rotatable bonds is 4. The normalized spacial score (nSPS) is 19.2. The van der Waals surface area contributed by atoms with Gasteiger partial charge in [0.05, 0.1) is 0 Å². The Balaban J connectivity index is 1.88. The Labute approximate surface area is 115 Å². The minimum Gasteiger partial charge on any atom is -0.375 e. The first-order valence-electron chi connectivity index (χ1n) is 6.07. The Bertz CT molecular complexity index is 425. The zero-order chi connectivity index (χ0) is 13.0. The smallest absolute Gasteiger partial charge is 0.248 e. The van der Waals surface area contributed by atoms with Crippen LogP contribution in [0.2, 0.25) is 0 Å². The number of carbonyl (C=O) groups is 1. The van der Waals surface area contributed by atoms with Crippen LogP contribution in [0, 0.1) is 5.92 Å². The molecule has 0 radical (unpaired) electrons. The summed E-state index contributed by atoms with van der Waals surface area (Å²) in [5, 5.41) is 0. The first kappa shape index (κ1) is 13.5. The van der Waals surface area contributed by atoms with Gasteiger partial charge in [-0.1, -0.05) is 6.07 Å². The third-order valence-corrected chi connectivity index (χ3v) is 3.62. The second-order valence-corrected chi connectivity index (χ2v) is 5.40. The molecule has 18 heavy (non-hydrogen) atoms. The fourth-order valence-electron chi connectivity index (χ4n) is 2.30. The largest absolute Gasteiger partial charge is 0.375 e. The van der Waals surface area contributed by atoms with E-state index in [0.717, 1.165) is 36.2 Å². The lowest BCUT2D eigenvalue weighted by atomic mass is 10.0. The number of hydrogen-bond acceptors (Lipinski definition) is 3. The van der Waals surface area contributed by atoms with Crippen LogP contribution in [-0.2, 0) is 16.0 Å². The van der Waals surface area contributed by atoms with E-state index in [-0.39, 0.29) is 12.5 Å². The zero-order valence-electron chi connectivity index (χ0n) is 10.4. The number of carbonyl (C=O) groups excluding carboxylic acids is 1. The molecule has 1 aromatic heterocycles. The number of amides is 1. The fraction of sp³-hybridized carbons (Fsp3) is 0.538. The highest BCUT2D eigenvalue weighted by Crippen LogP contribution is 2.20. The van der Waals surface area contributed by atoms with Crippen molar-refractivity contribution in [3.63, 3.8) is 0 Å². The minimum absolute atomic E-state index is 0.0854. The van der Waals surface area contributed by atoms with E-state index in [2.05, 4.69) is 20.9 Å². The van der Waals surface area contributed by atoms with Crippen LogP contribution in [0.5, 0.6) is 0 Å². The van der Waals surface area contributed by atoms with Crippen molar-refractivity contribution in [2.75, 3.05) is 26.8 Å². The van der Waals surface area contributed by atoms with Gasteiger partial charge in [-0.3, -0.25) is 4.79 Å². The summed E-state index contributed by atoms with van der Waals surface area (Å²) in [5.41, 5.74) is 1.08. The Morgan fingerprint density at radius 2 is 2.44 bits per heavy atom. The van der Waals surface area contributed by atoms with Crippen LogP contribution >= 0.6 is 15.9 Å². The molecular formula is C13H17BrN2O2. The second kappa shape index (κ2) is 6.29. The van der Waals surface area contributed by atoms with Crippen molar-refractivity contribution in [2.24, 2.45) is 5.92 Å². The minimum atomic E-state index is 0.0854. The van der Waals surface area contributed by atoms with E-state index in [0.29, 0.717) is 5.92 Å². The standard InChI is InChI=1S/C13H17BrN2O2/c1-18-9-13(17)16-6-5-10(8-16)7-11-3-2-4-12(14)15-11/h2-4,10H,5-9H2,1H3. The predicted octanol–water partition coefficient (Wildman–Crippen LogP) is 1.88. The second-order valence-electron chi connectivity index (χ2n) is 4.58. The molecule has 1 fully saturated rings. The first-order valence-corrected chi connectivity index (χ1v) is 6.86. The van der Waals surface area contributed by atoms with E-state index in [9.17, 15) is 4.79 Å². The lowest BCUT2D eigenvalue weighted by molar-refractivity contribution is -0.134. The Kier molecular flexibility index (Phi) is 4.72. The van der Waals surface area contributed by atoms with E-state index in [1.54, 1.807) is 7.11 Å². The van der Waals surface area contributed by atoms with Crippen LogP contribution in [0.4, 0.5) is 0 Å². The van der Waals surface area contributed by atoms with Crippen molar-refractivity contribution in [1.82, 2.24) is 9.88 Å². The highest BCUT2D eigenvalue weighted by atomic mass is 79.9. The summed E-state index contributed by atoms with van der Waals surface area (Å²) in [6.45, 7) is 1.83. The van der Waals surface area contributed by atoms with Crippen molar-refractivity contribution in [1.29, 1.82) is 0 Å². The first-order chi connectivity index (χ1) is 8.69. The van der Waals surface area contributed by atoms with Crippen LogP contribution in [0.3, 0.4) is 0 Å². The molecule has 2 heterocycles. The Morgan fingerprint density at radius 3 is 3.17 bits per heavy atom. The number of halogens is 1. The quantitative estimate of drug-likeness (QED) is 0.797. The SMILES string of the molecule is COCC(=O)N1CCC(Cc2cccc(Br)n2)C1. The molecule has 5 heteroatoms. The molecule has 98 valence electrons. The van der Waals surface area contributed by atoms with Gasteiger partial charge in [-0.05, 0) is 46.8 Å². The molecule has 0 saturated carbocycles. The van der Waals surface area contributed by atoms with E-state index in [1.807, 2.05) is 23.1 Å². The van der Waals surface area contributed by atoms with Crippen LogP contribution < -0.4 is 0 Å². The molecule has 0 bridgehead atoms. The predicted molar refractivity (Wildman–Crippen MR) is 72.2 cm³/mol. The molecule has 2 rings (SSSR count). The molecule has 1 aliphatic rings. The molecular weight excluding hydrogens is 296 g/mol. The topological polar surface area (TPSA) is 42.4 Å². The van der Waals surface area contributed by atoms with E-state index < -0.39 is 0 Å². The summed E-state index contributed by atoms with van der Waals surface area (Å²) in [6, 6.07) is 5.95. The molecule has 1 amide bonds. The van der Waals surface area contributed by atoms with Crippen molar-refractivity contribution in [3.05, 3.63) is 28.5 Å². The number of hydrogen-bond donors (Lipinski definition) is 0. The van der Waals surface area contributed by atoms with Crippen molar-refractivity contribution < 1.29 is 9.53 Å². The fourth-order valence-corrected chi connectivity index (χ4v) is 2.68. The summed E-state index contributed by atoms with van der Waals surface area (Å²) in [4.78, 5) is 18.0. The molecule has 4 nitrogen and oxygen atoms in total. The lowest BCUT2D eigenvalue weighted by Crippen LogP contribution is -2.31. The van der Waals surface area contributed by atoms with Gasteiger partial charge in [-0.25, -0.2) is 4.98 Å². The van der Waals surface area contributed by atoms with E-state index >= 15 is 0 Å². The summed E-state index contributed by atoms with van der Waals surface area (Å²) in [5.74, 6) is 0.592. The highest BCUT2D eigenvalue weighted by Gasteiger charge is 2.26. The molecule has 1 unspecified atom stereocenters. The molecule has 0 N–H and O–H groups in total. The summed E-state index contributed by atoms with van der Waals surface area (Å²) in [7, 11) is 1.55. The molecule has 1 saturated heterocycles. The third-order valence-electron chi connectivity index (χ3n) is 3.18. The van der Waals surface area contributed by atoms with Gasteiger partial charge >= 0.3 is 0 Å². The Morgan fingerprint density at radius 1 is 1.61 bits per heavy atom. The van der Waals surface area contributed by atoms with Gasteiger partial charge in [-0.2, -0.15) is 0 Å². The summed E-state index contributed by atoms with van der Waals surface area (Å²) < 4.78 is 5.74. The maximum atomic E-state index is 11.7. The summed E-state index contributed by atoms with van der Waals surface area (Å²) in [6.07, 6.45) is 1.97. The van der Waals surface area contributed by atoms with Gasteiger partial charge < -0.3 is 9.64 Å².